The first-order valence-electron chi connectivity index (χ1n) is 7.66. The van der Waals surface area contributed by atoms with E-state index in [9.17, 15) is 4.79 Å². The molecule has 1 heterocycles. The first-order chi connectivity index (χ1) is 11.6. The molecule has 1 amide bonds. The van der Waals surface area contributed by atoms with Crippen molar-refractivity contribution in [2.24, 2.45) is 5.73 Å². The zero-order valence-corrected chi connectivity index (χ0v) is 13.1. The van der Waals surface area contributed by atoms with E-state index in [-0.39, 0.29) is 0 Å². The van der Waals surface area contributed by atoms with E-state index in [0.717, 1.165) is 22.3 Å². The van der Waals surface area contributed by atoms with E-state index in [1.807, 2.05) is 42.5 Å². The third kappa shape index (κ3) is 3.60. The largest absolute Gasteiger partial charge is 0.384 e. The molecule has 0 unspecified atom stereocenters. The number of nitrogens with zero attached hydrogens (tertiary/aromatic N) is 1. The van der Waals surface area contributed by atoms with E-state index in [1.54, 1.807) is 18.3 Å². The maximum Gasteiger partial charge on any atom is 0.248 e. The number of pyridine rings is 1. The molecule has 0 bridgehead atoms. The fraction of sp³-hybridized carbons (Fsp3) is 0.0500. The summed E-state index contributed by atoms with van der Waals surface area (Å²) in [5.74, 6) is 0.102. The summed E-state index contributed by atoms with van der Waals surface area (Å²) in [5, 5.41) is 0. The van der Waals surface area contributed by atoms with Gasteiger partial charge >= 0.3 is 0 Å². The number of aromatic nitrogens is 1. The molecule has 119 valence electrons. The summed E-state index contributed by atoms with van der Waals surface area (Å²) >= 11 is 0. The normalized spacial score (nSPS) is 10.5. The van der Waals surface area contributed by atoms with Gasteiger partial charge in [0.25, 0.3) is 0 Å². The third-order valence-corrected chi connectivity index (χ3v) is 3.85. The van der Waals surface area contributed by atoms with E-state index in [4.69, 9.17) is 11.5 Å². The predicted octanol–water partition coefficient (Wildman–Crippen LogP) is 3.22. The highest BCUT2D eigenvalue weighted by Crippen LogP contribution is 2.22. The predicted molar refractivity (Wildman–Crippen MR) is 96.2 cm³/mol. The van der Waals surface area contributed by atoms with Crippen LogP contribution < -0.4 is 11.5 Å². The maximum absolute atomic E-state index is 11.5. The van der Waals surface area contributed by atoms with Crippen LogP contribution in [0.4, 0.5) is 5.82 Å². The highest BCUT2D eigenvalue weighted by atomic mass is 16.1. The van der Waals surface area contributed by atoms with E-state index < -0.39 is 5.91 Å². The van der Waals surface area contributed by atoms with Gasteiger partial charge in [-0.1, -0.05) is 42.5 Å². The van der Waals surface area contributed by atoms with Crippen molar-refractivity contribution in [3.63, 3.8) is 0 Å². The molecular formula is C20H18N3O. The van der Waals surface area contributed by atoms with E-state index >= 15 is 0 Å². The first kappa shape index (κ1) is 15.7. The fourth-order valence-corrected chi connectivity index (χ4v) is 2.59. The molecule has 3 rings (SSSR count). The van der Waals surface area contributed by atoms with Gasteiger partial charge < -0.3 is 11.5 Å². The molecule has 0 saturated carbocycles. The SMILES string of the molecule is NC(=O)c1ccccc1C[CH]c1cccc(-c2ccc(N)nc2)c1. The number of carbonyl (C=O) groups is 1. The summed E-state index contributed by atoms with van der Waals surface area (Å²) in [6, 6.07) is 19.3. The molecule has 1 aromatic heterocycles. The van der Waals surface area contributed by atoms with Gasteiger partial charge in [-0.05, 0) is 47.7 Å². The Balaban J connectivity index is 1.78. The van der Waals surface area contributed by atoms with Crippen LogP contribution in [0.2, 0.25) is 0 Å². The molecular weight excluding hydrogens is 298 g/mol. The van der Waals surface area contributed by atoms with Gasteiger partial charge in [0.2, 0.25) is 5.91 Å². The smallest absolute Gasteiger partial charge is 0.248 e. The second-order valence-electron chi connectivity index (χ2n) is 5.53. The zero-order valence-electron chi connectivity index (χ0n) is 13.1. The van der Waals surface area contributed by atoms with Gasteiger partial charge in [0, 0.05) is 17.3 Å². The van der Waals surface area contributed by atoms with Crippen molar-refractivity contribution in [1.82, 2.24) is 4.98 Å². The summed E-state index contributed by atoms with van der Waals surface area (Å²) in [4.78, 5) is 15.6. The van der Waals surface area contributed by atoms with Crippen molar-refractivity contribution in [2.45, 2.75) is 6.42 Å². The van der Waals surface area contributed by atoms with Gasteiger partial charge in [0.1, 0.15) is 5.82 Å². The van der Waals surface area contributed by atoms with Crippen molar-refractivity contribution in [3.8, 4) is 11.1 Å². The van der Waals surface area contributed by atoms with Crippen molar-refractivity contribution >= 4 is 11.7 Å². The minimum Gasteiger partial charge on any atom is -0.384 e. The van der Waals surface area contributed by atoms with E-state index in [2.05, 4.69) is 17.5 Å². The Morgan fingerprint density at radius 1 is 1.00 bits per heavy atom. The molecule has 0 spiro atoms. The molecule has 0 aliphatic heterocycles. The monoisotopic (exact) mass is 316 g/mol. The van der Waals surface area contributed by atoms with Crippen molar-refractivity contribution in [2.75, 3.05) is 5.73 Å². The van der Waals surface area contributed by atoms with Crippen LogP contribution in [0.25, 0.3) is 11.1 Å². The summed E-state index contributed by atoms with van der Waals surface area (Å²) in [7, 11) is 0. The van der Waals surface area contributed by atoms with Gasteiger partial charge in [-0.25, -0.2) is 4.98 Å². The molecule has 24 heavy (non-hydrogen) atoms. The lowest BCUT2D eigenvalue weighted by molar-refractivity contribution is 0.0999. The maximum atomic E-state index is 11.5. The van der Waals surface area contributed by atoms with Crippen LogP contribution in [0.3, 0.4) is 0 Å². The Morgan fingerprint density at radius 3 is 2.58 bits per heavy atom. The Kier molecular flexibility index (Phi) is 4.57. The van der Waals surface area contributed by atoms with Crippen LogP contribution in [0.1, 0.15) is 21.5 Å². The molecule has 4 N–H and O–H groups in total. The van der Waals surface area contributed by atoms with Gasteiger partial charge in [0.15, 0.2) is 0 Å². The third-order valence-electron chi connectivity index (χ3n) is 3.85. The van der Waals surface area contributed by atoms with Gasteiger partial charge in [-0.15, -0.1) is 0 Å². The lowest BCUT2D eigenvalue weighted by Gasteiger charge is -2.08. The van der Waals surface area contributed by atoms with Crippen molar-refractivity contribution in [3.05, 3.63) is 90.0 Å². The van der Waals surface area contributed by atoms with Gasteiger partial charge in [0.05, 0.1) is 0 Å². The number of rotatable bonds is 5. The minimum atomic E-state index is -0.402. The number of primary amides is 1. The van der Waals surface area contributed by atoms with Gasteiger partial charge in [-0.2, -0.15) is 0 Å². The van der Waals surface area contributed by atoms with E-state index in [1.165, 1.54) is 0 Å². The number of nitrogen functional groups attached to an aromatic ring is 1. The second kappa shape index (κ2) is 6.96. The molecule has 4 heteroatoms. The number of hydrogen-bond donors (Lipinski definition) is 2. The van der Waals surface area contributed by atoms with Crippen LogP contribution in [-0.2, 0) is 6.42 Å². The Hall–Kier alpha value is -3.14. The topological polar surface area (TPSA) is 82.0 Å². The summed E-state index contributed by atoms with van der Waals surface area (Å²) in [5.41, 5.74) is 15.7. The lowest BCUT2D eigenvalue weighted by Crippen LogP contribution is -2.13. The van der Waals surface area contributed by atoms with Gasteiger partial charge in [-0.3, -0.25) is 4.79 Å². The average molecular weight is 316 g/mol. The summed E-state index contributed by atoms with van der Waals surface area (Å²) in [6.07, 6.45) is 4.48. The minimum absolute atomic E-state index is 0.402. The molecule has 0 aliphatic rings. The molecule has 0 fully saturated rings. The molecule has 1 radical (unpaired) electrons. The average Bonchev–Trinajstić information content (AvgIpc) is 2.61. The Morgan fingerprint density at radius 2 is 1.83 bits per heavy atom. The van der Waals surface area contributed by atoms with Crippen LogP contribution in [0.15, 0.2) is 66.9 Å². The number of anilines is 1. The standard InChI is InChI=1S/C20H18N3O/c21-19-11-10-17(13-23-19)16-6-3-4-14(12-16)8-9-15-5-1-2-7-18(15)20(22)24/h1-8,10-13H,9H2,(H2,21,23)(H2,22,24). The molecule has 4 nitrogen and oxygen atoms in total. The quantitative estimate of drug-likeness (QED) is 0.758. The zero-order chi connectivity index (χ0) is 16.9. The highest BCUT2D eigenvalue weighted by Gasteiger charge is 2.08. The molecule has 0 saturated heterocycles. The lowest BCUT2D eigenvalue weighted by atomic mass is 9.97. The highest BCUT2D eigenvalue weighted by molar-refractivity contribution is 5.94. The number of carbonyl (C=O) groups excluding carboxylic acids is 1. The second-order valence-corrected chi connectivity index (χ2v) is 5.53. The Labute approximate surface area is 141 Å². The molecule has 0 atom stereocenters. The first-order valence-corrected chi connectivity index (χ1v) is 7.66. The fourth-order valence-electron chi connectivity index (χ4n) is 2.59. The summed E-state index contributed by atoms with van der Waals surface area (Å²) in [6.45, 7) is 0. The van der Waals surface area contributed by atoms with Crippen LogP contribution >= 0.6 is 0 Å². The molecule has 0 aliphatic carbocycles. The molecule has 2 aromatic carbocycles. The number of amides is 1. The summed E-state index contributed by atoms with van der Waals surface area (Å²) < 4.78 is 0. The number of nitrogens with two attached hydrogens (primary N) is 2. The molecule has 3 aromatic rings. The Bertz CT molecular complexity index is 857. The van der Waals surface area contributed by atoms with Crippen LogP contribution in [0.5, 0.6) is 0 Å². The van der Waals surface area contributed by atoms with Crippen molar-refractivity contribution in [1.29, 1.82) is 0 Å². The van der Waals surface area contributed by atoms with Crippen molar-refractivity contribution < 1.29 is 4.79 Å². The number of benzene rings is 2. The van der Waals surface area contributed by atoms with E-state index in [0.29, 0.717) is 17.8 Å². The number of hydrogen-bond acceptors (Lipinski definition) is 3. The van der Waals surface area contributed by atoms with Crippen LogP contribution in [0, 0.1) is 6.42 Å². The van der Waals surface area contributed by atoms with Crippen LogP contribution in [-0.4, -0.2) is 10.9 Å².